The molecular weight excluding hydrogens is 416 g/mol. The summed E-state index contributed by atoms with van der Waals surface area (Å²) in [5.41, 5.74) is 5.50. The van der Waals surface area contributed by atoms with Crippen LogP contribution in [0.15, 0.2) is 0 Å². The summed E-state index contributed by atoms with van der Waals surface area (Å²) < 4.78 is 0. The van der Waals surface area contributed by atoms with Gasteiger partial charge in [0, 0.05) is 0 Å². The number of rotatable bonds is 14. The molecule has 30 heavy (non-hydrogen) atoms. The number of carbonyl (C=O) groups is 4. The summed E-state index contributed by atoms with van der Waals surface area (Å²) in [7, 11) is 0. The summed E-state index contributed by atoms with van der Waals surface area (Å²) in [6.07, 6.45) is 1.08. The highest BCUT2D eigenvalue weighted by atomic mass is 32.2. The average molecular weight is 451 g/mol. The number of carboxylic acid groups (broad SMARTS) is 1. The lowest BCUT2D eigenvalue weighted by atomic mass is 10.0. The van der Waals surface area contributed by atoms with Crippen LogP contribution in [-0.2, 0) is 19.2 Å². The predicted octanol–water partition coefficient (Wildman–Crippen LogP) is -1.97. The summed E-state index contributed by atoms with van der Waals surface area (Å²) in [6, 6.07) is -4.86. The van der Waals surface area contributed by atoms with E-state index in [1.807, 2.05) is 20.1 Å². The lowest BCUT2D eigenvalue weighted by Gasteiger charge is -2.25. The van der Waals surface area contributed by atoms with Crippen LogP contribution in [0.25, 0.3) is 0 Å². The van der Waals surface area contributed by atoms with Crippen LogP contribution in [0.2, 0.25) is 0 Å². The third-order valence-corrected chi connectivity index (χ3v) is 4.85. The zero-order valence-corrected chi connectivity index (χ0v) is 18.6. The molecule has 0 rings (SSSR count). The molecule has 3 amide bonds. The first kappa shape index (κ1) is 28.1. The minimum Gasteiger partial charge on any atom is -0.480 e. The molecule has 0 aromatic heterocycles. The molecular formula is C18H34N4O7S. The standard InChI is InChI=1S/C18H34N4O7S/c1-9(2)7-12(15(25)20-11(18(28)29)5-6-30-4)21-16(26)13(8-23)22-17(27)14(19)10(3)24/h9-14,23-24H,5-8,19H2,1-4H3,(H,20,25)(H,21,26)(H,22,27)(H,28,29). The molecule has 174 valence electrons. The largest absolute Gasteiger partial charge is 0.480 e. The van der Waals surface area contributed by atoms with Crippen LogP contribution in [0, 0.1) is 5.92 Å². The SMILES string of the molecule is CSCCC(NC(=O)C(CC(C)C)NC(=O)C(CO)NC(=O)C(N)C(C)O)C(=O)O. The zero-order chi connectivity index (χ0) is 23.4. The maximum atomic E-state index is 12.6. The van der Waals surface area contributed by atoms with E-state index in [9.17, 15) is 34.5 Å². The smallest absolute Gasteiger partial charge is 0.326 e. The molecule has 5 atom stereocenters. The second-order valence-corrected chi connectivity index (χ2v) is 8.37. The molecule has 0 aliphatic rings. The maximum absolute atomic E-state index is 12.6. The number of amides is 3. The van der Waals surface area contributed by atoms with Crippen molar-refractivity contribution in [3.63, 3.8) is 0 Å². The highest BCUT2D eigenvalue weighted by Crippen LogP contribution is 2.08. The quantitative estimate of drug-likeness (QED) is 0.157. The van der Waals surface area contributed by atoms with Crippen molar-refractivity contribution >= 4 is 35.5 Å². The van der Waals surface area contributed by atoms with Crippen molar-refractivity contribution in [2.75, 3.05) is 18.6 Å². The molecule has 0 aromatic carbocycles. The van der Waals surface area contributed by atoms with Crippen LogP contribution in [-0.4, -0.2) is 87.9 Å². The van der Waals surface area contributed by atoms with E-state index >= 15 is 0 Å². The summed E-state index contributed by atoms with van der Waals surface area (Å²) in [5, 5.41) is 35.2. The van der Waals surface area contributed by atoms with Gasteiger partial charge in [0.25, 0.3) is 0 Å². The molecule has 11 nitrogen and oxygen atoms in total. The molecule has 0 radical (unpaired) electrons. The van der Waals surface area contributed by atoms with Crippen molar-refractivity contribution < 1.29 is 34.5 Å². The maximum Gasteiger partial charge on any atom is 0.326 e. The molecule has 0 spiro atoms. The van der Waals surface area contributed by atoms with Gasteiger partial charge in [-0.2, -0.15) is 11.8 Å². The molecule has 12 heteroatoms. The monoisotopic (exact) mass is 450 g/mol. The molecule has 0 fully saturated rings. The first-order valence-electron chi connectivity index (χ1n) is 9.61. The Morgan fingerprint density at radius 2 is 1.43 bits per heavy atom. The molecule has 0 aliphatic carbocycles. The van der Waals surface area contributed by atoms with Crippen molar-refractivity contribution in [2.45, 2.75) is 63.9 Å². The van der Waals surface area contributed by atoms with E-state index in [2.05, 4.69) is 16.0 Å². The molecule has 0 saturated carbocycles. The van der Waals surface area contributed by atoms with E-state index in [-0.39, 0.29) is 18.8 Å². The second kappa shape index (κ2) is 14.2. The Labute approximate surface area is 180 Å². The number of aliphatic hydroxyl groups excluding tert-OH is 2. The molecule has 0 aliphatic heterocycles. The third kappa shape index (κ3) is 10.2. The molecule has 8 N–H and O–H groups in total. The number of hydrogen-bond acceptors (Lipinski definition) is 8. The lowest BCUT2D eigenvalue weighted by Crippen LogP contribution is -2.59. The minimum atomic E-state index is -1.39. The van der Waals surface area contributed by atoms with Gasteiger partial charge in [0.1, 0.15) is 24.2 Å². The number of nitrogens with two attached hydrogens (primary N) is 1. The Morgan fingerprint density at radius 3 is 1.87 bits per heavy atom. The van der Waals surface area contributed by atoms with Crippen LogP contribution in [0.1, 0.15) is 33.6 Å². The van der Waals surface area contributed by atoms with Crippen LogP contribution in [0.3, 0.4) is 0 Å². The van der Waals surface area contributed by atoms with Crippen molar-refractivity contribution in [1.82, 2.24) is 16.0 Å². The number of aliphatic carboxylic acids is 1. The number of carbonyl (C=O) groups excluding carboxylic acids is 3. The van der Waals surface area contributed by atoms with E-state index in [1.54, 1.807) is 0 Å². The van der Waals surface area contributed by atoms with Gasteiger partial charge in [-0.25, -0.2) is 4.79 Å². The predicted molar refractivity (Wildman–Crippen MR) is 113 cm³/mol. The minimum absolute atomic E-state index is 0.0126. The molecule has 0 aromatic rings. The van der Waals surface area contributed by atoms with Gasteiger partial charge in [-0.1, -0.05) is 13.8 Å². The number of hydrogen-bond donors (Lipinski definition) is 7. The number of thioether (sulfide) groups is 1. The van der Waals surface area contributed by atoms with Gasteiger partial charge >= 0.3 is 5.97 Å². The van der Waals surface area contributed by atoms with E-state index < -0.39 is 60.6 Å². The van der Waals surface area contributed by atoms with E-state index in [4.69, 9.17) is 5.73 Å². The van der Waals surface area contributed by atoms with Crippen LogP contribution in [0.5, 0.6) is 0 Å². The Balaban J connectivity index is 5.24. The van der Waals surface area contributed by atoms with Crippen molar-refractivity contribution in [1.29, 1.82) is 0 Å². The Kier molecular flexibility index (Phi) is 13.3. The molecule has 5 unspecified atom stereocenters. The third-order valence-electron chi connectivity index (χ3n) is 4.20. The van der Waals surface area contributed by atoms with Crippen LogP contribution < -0.4 is 21.7 Å². The van der Waals surface area contributed by atoms with Gasteiger partial charge in [0.15, 0.2) is 0 Å². The van der Waals surface area contributed by atoms with Crippen LogP contribution >= 0.6 is 11.8 Å². The summed E-state index contributed by atoms with van der Waals surface area (Å²) in [6.45, 7) is 4.19. The average Bonchev–Trinajstić information content (AvgIpc) is 2.66. The van der Waals surface area contributed by atoms with Crippen LogP contribution in [0.4, 0.5) is 0 Å². The fourth-order valence-corrected chi connectivity index (χ4v) is 2.89. The highest BCUT2D eigenvalue weighted by Gasteiger charge is 2.31. The molecule has 0 heterocycles. The topological polar surface area (TPSA) is 191 Å². The molecule has 0 saturated heterocycles. The van der Waals surface area contributed by atoms with E-state index in [1.165, 1.54) is 18.7 Å². The Hall–Kier alpha value is -1.89. The van der Waals surface area contributed by atoms with Crippen molar-refractivity contribution in [3.8, 4) is 0 Å². The summed E-state index contributed by atoms with van der Waals surface area (Å²) in [5.74, 6) is -3.01. The summed E-state index contributed by atoms with van der Waals surface area (Å²) in [4.78, 5) is 48.4. The zero-order valence-electron chi connectivity index (χ0n) is 17.8. The molecule has 0 bridgehead atoms. The van der Waals surface area contributed by atoms with Gasteiger partial charge < -0.3 is 37.0 Å². The van der Waals surface area contributed by atoms with E-state index in [0.717, 1.165) is 0 Å². The fourth-order valence-electron chi connectivity index (χ4n) is 2.42. The first-order valence-corrected chi connectivity index (χ1v) is 11.0. The van der Waals surface area contributed by atoms with Gasteiger partial charge in [0.05, 0.1) is 12.7 Å². The van der Waals surface area contributed by atoms with Gasteiger partial charge in [-0.3, -0.25) is 14.4 Å². The van der Waals surface area contributed by atoms with E-state index in [0.29, 0.717) is 5.75 Å². The summed E-state index contributed by atoms with van der Waals surface area (Å²) >= 11 is 1.44. The van der Waals surface area contributed by atoms with Crippen molar-refractivity contribution in [3.05, 3.63) is 0 Å². The van der Waals surface area contributed by atoms with Gasteiger partial charge in [-0.05, 0) is 37.7 Å². The van der Waals surface area contributed by atoms with Crippen molar-refractivity contribution in [2.24, 2.45) is 11.7 Å². The number of nitrogens with one attached hydrogen (secondary N) is 3. The Morgan fingerprint density at radius 1 is 0.933 bits per heavy atom. The second-order valence-electron chi connectivity index (χ2n) is 7.38. The fraction of sp³-hybridized carbons (Fsp3) is 0.778. The first-order chi connectivity index (χ1) is 13.9. The number of aliphatic hydroxyl groups is 2. The number of carboxylic acids is 1. The van der Waals surface area contributed by atoms with Gasteiger partial charge in [0.2, 0.25) is 17.7 Å². The Bertz CT molecular complexity index is 589. The highest BCUT2D eigenvalue weighted by molar-refractivity contribution is 7.98. The lowest BCUT2D eigenvalue weighted by molar-refractivity contribution is -0.142. The van der Waals surface area contributed by atoms with Gasteiger partial charge in [-0.15, -0.1) is 0 Å². The normalized spacial score (nSPS) is 16.1.